The monoisotopic (exact) mass is 296 g/mol. The fourth-order valence-corrected chi connectivity index (χ4v) is 3.17. The molecule has 0 N–H and O–H groups in total. The molecule has 2 aromatic carbocycles. The van der Waals surface area contributed by atoms with E-state index in [9.17, 15) is 4.57 Å². The van der Waals surface area contributed by atoms with Crippen molar-refractivity contribution in [3.63, 3.8) is 0 Å². The highest BCUT2D eigenvalue weighted by molar-refractivity contribution is 7.91. The summed E-state index contributed by atoms with van der Waals surface area (Å²) in [6.45, 7) is -1.17. The Balaban J connectivity index is 2.13. The Hall–Kier alpha value is -1.28. The third-order valence-electron chi connectivity index (χ3n) is 2.42. The van der Waals surface area contributed by atoms with E-state index < -0.39 is 6.72 Å². The number of hydrogen-bond acceptors (Lipinski definition) is 3. The van der Waals surface area contributed by atoms with E-state index in [4.69, 9.17) is 20.5 Å². The van der Waals surface area contributed by atoms with E-state index in [-0.39, 0.29) is 0 Å². The standard InChI is InChI=1S/C14H14ClO3P/c1-2-17-19(15,16)14-10-8-13(9-11-14)18-12-6-4-3-5-7-12/h3-11H,2H2,1H3. The lowest BCUT2D eigenvalue weighted by molar-refractivity contribution is 0.352. The van der Waals surface area contributed by atoms with Gasteiger partial charge in [-0.1, -0.05) is 18.2 Å². The van der Waals surface area contributed by atoms with Crippen LogP contribution >= 0.6 is 18.0 Å². The first-order valence-electron chi connectivity index (χ1n) is 5.89. The van der Waals surface area contributed by atoms with E-state index in [0.717, 1.165) is 5.75 Å². The Morgan fingerprint density at radius 2 is 1.58 bits per heavy atom. The zero-order valence-electron chi connectivity index (χ0n) is 10.5. The van der Waals surface area contributed by atoms with Crippen LogP contribution in [-0.2, 0) is 9.09 Å². The summed E-state index contributed by atoms with van der Waals surface area (Å²) in [5, 5.41) is 0.469. The van der Waals surface area contributed by atoms with E-state index in [1.54, 1.807) is 31.2 Å². The molecule has 0 saturated carbocycles. The van der Waals surface area contributed by atoms with Gasteiger partial charge in [0.1, 0.15) is 11.5 Å². The van der Waals surface area contributed by atoms with Gasteiger partial charge >= 0.3 is 6.72 Å². The normalized spacial score (nSPS) is 13.8. The van der Waals surface area contributed by atoms with Gasteiger partial charge in [-0.25, -0.2) is 0 Å². The van der Waals surface area contributed by atoms with Crippen LogP contribution in [0.3, 0.4) is 0 Å². The Bertz CT molecular complexity index is 569. The second kappa shape index (κ2) is 6.25. The minimum atomic E-state index is -3.23. The zero-order valence-corrected chi connectivity index (χ0v) is 12.1. The van der Waals surface area contributed by atoms with Crippen LogP contribution in [0.15, 0.2) is 54.6 Å². The molecule has 100 valence electrons. The maximum absolute atomic E-state index is 12.0. The van der Waals surface area contributed by atoms with Crippen molar-refractivity contribution < 1.29 is 13.8 Å². The number of ether oxygens (including phenoxy) is 1. The molecule has 0 aliphatic rings. The van der Waals surface area contributed by atoms with E-state index in [2.05, 4.69) is 0 Å². The molecule has 0 heterocycles. The molecular formula is C14H14ClO3P. The van der Waals surface area contributed by atoms with Crippen molar-refractivity contribution in [1.82, 2.24) is 0 Å². The minimum absolute atomic E-state index is 0.309. The molecule has 1 atom stereocenters. The Morgan fingerprint density at radius 1 is 1.00 bits per heavy atom. The smallest absolute Gasteiger partial charge is 0.319 e. The highest BCUT2D eigenvalue weighted by atomic mass is 35.7. The first kappa shape index (κ1) is 14.1. The van der Waals surface area contributed by atoms with Crippen LogP contribution in [-0.4, -0.2) is 6.61 Å². The van der Waals surface area contributed by atoms with Gasteiger partial charge in [0.2, 0.25) is 0 Å². The molecule has 2 rings (SSSR count). The van der Waals surface area contributed by atoms with Crippen molar-refractivity contribution in [2.24, 2.45) is 0 Å². The molecule has 0 aliphatic carbocycles. The van der Waals surface area contributed by atoms with Crippen LogP contribution in [0.25, 0.3) is 0 Å². The molecule has 3 nitrogen and oxygen atoms in total. The summed E-state index contributed by atoms with van der Waals surface area (Å²) in [6, 6.07) is 16.2. The van der Waals surface area contributed by atoms with Crippen LogP contribution in [0, 0.1) is 0 Å². The van der Waals surface area contributed by atoms with Crippen molar-refractivity contribution >= 4 is 23.3 Å². The van der Waals surface area contributed by atoms with Crippen molar-refractivity contribution in [3.8, 4) is 11.5 Å². The molecule has 0 aromatic heterocycles. The molecule has 0 bridgehead atoms. The quantitative estimate of drug-likeness (QED) is 0.758. The topological polar surface area (TPSA) is 35.5 Å². The van der Waals surface area contributed by atoms with E-state index >= 15 is 0 Å². The van der Waals surface area contributed by atoms with Crippen molar-refractivity contribution in [3.05, 3.63) is 54.6 Å². The molecule has 0 fully saturated rings. The lowest BCUT2D eigenvalue weighted by Gasteiger charge is -2.11. The van der Waals surface area contributed by atoms with Crippen LogP contribution in [0.1, 0.15) is 6.92 Å². The molecular weight excluding hydrogens is 283 g/mol. The number of benzene rings is 2. The highest BCUT2D eigenvalue weighted by Gasteiger charge is 2.21. The van der Waals surface area contributed by atoms with Gasteiger partial charge in [0, 0.05) is 0 Å². The fourth-order valence-electron chi connectivity index (χ4n) is 1.56. The molecule has 5 heteroatoms. The van der Waals surface area contributed by atoms with Gasteiger partial charge in [-0.2, -0.15) is 0 Å². The predicted octanol–water partition coefficient (Wildman–Crippen LogP) is 4.57. The molecule has 0 radical (unpaired) electrons. The van der Waals surface area contributed by atoms with Gasteiger partial charge in [-0.15, -0.1) is 0 Å². The summed E-state index contributed by atoms with van der Waals surface area (Å²) in [5.41, 5.74) is 0. The SMILES string of the molecule is CCOP(=O)(Cl)c1ccc(Oc2ccccc2)cc1. The third-order valence-corrected chi connectivity index (χ3v) is 4.80. The van der Waals surface area contributed by atoms with Crippen LogP contribution < -0.4 is 10.0 Å². The lowest BCUT2D eigenvalue weighted by Crippen LogP contribution is -2.02. The minimum Gasteiger partial charge on any atom is -0.457 e. The lowest BCUT2D eigenvalue weighted by atomic mass is 10.3. The van der Waals surface area contributed by atoms with Crippen molar-refractivity contribution in [1.29, 1.82) is 0 Å². The van der Waals surface area contributed by atoms with Crippen molar-refractivity contribution in [2.75, 3.05) is 6.61 Å². The number of halogens is 1. The predicted molar refractivity (Wildman–Crippen MR) is 77.7 cm³/mol. The summed E-state index contributed by atoms with van der Waals surface area (Å²) in [4.78, 5) is 0. The van der Waals surface area contributed by atoms with Crippen LogP contribution in [0.5, 0.6) is 11.5 Å². The largest absolute Gasteiger partial charge is 0.457 e. The van der Waals surface area contributed by atoms with Crippen LogP contribution in [0.4, 0.5) is 0 Å². The maximum atomic E-state index is 12.0. The summed E-state index contributed by atoms with van der Waals surface area (Å²) in [5.74, 6) is 1.40. The summed E-state index contributed by atoms with van der Waals surface area (Å²) < 4.78 is 22.7. The first-order chi connectivity index (χ1) is 9.12. The molecule has 0 spiro atoms. The molecule has 1 unspecified atom stereocenters. The Labute approximate surface area is 117 Å². The molecule has 0 saturated heterocycles. The average Bonchev–Trinajstić information content (AvgIpc) is 2.40. The molecule has 0 aliphatic heterocycles. The van der Waals surface area contributed by atoms with Gasteiger partial charge in [-0.05, 0) is 54.6 Å². The van der Waals surface area contributed by atoms with Crippen molar-refractivity contribution in [2.45, 2.75) is 6.92 Å². The molecule has 2 aromatic rings. The second-order valence-electron chi connectivity index (χ2n) is 3.81. The summed E-state index contributed by atoms with van der Waals surface area (Å²) in [7, 11) is 0. The van der Waals surface area contributed by atoms with E-state index in [0.29, 0.717) is 17.7 Å². The van der Waals surface area contributed by atoms with Gasteiger partial charge in [0.15, 0.2) is 0 Å². The fraction of sp³-hybridized carbons (Fsp3) is 0.143. The van der Waals surface area contributed by atoms with Gasteiger partial charge in [-0.3, -0.25) is 4.57 Å². The summed E-state index contributed by atoms with van der Waals surface area (Å²) >= 11 is 5.87. The van der Waals surface area contributed by atoms with E-state index in [1.807, 2.05) is 30.3 Å². The third kappa shape index (κ3) is 3.84. The van der Waals surface area contributed by atoms with Gasteiger partial charge in [0.25, 0.3) is 0 Å². The summed E-state index contributed by atoms with van der Waals surface area (Å²) in [6.07, 6.45) is 0. The van der Waals surface area contributed by atoms with Gasteiger partial charge < -0.3 is 9.26 Å². The first-order valence-corrected chi connectivity index (χ1v) is 8.42. The highest BCUT2D eigenvalue weighted by Crippen LogP contribution is 2.51. The molecule has 0 amide bonds. The average molecular weight is 297 g/mol. The molecule has 19 heavy (non-hydrogen) atoms. The Morgan fingerprint density at radius 3 is 2.16 bits per heavy atom. The maximum Gasteiger partial charge on any atom is 0.319 e. The van der Waals surface area contributed by atoms with Gasteiger partial charge in [0.05, 0.1) is 11.9 Å². The zero-order chi connectivity index (χ0) is 13.7. The van der Waals surface area contributed by atoms with E-state index in [1.165, 1.54) is 0 Å². The Kier molecular flexibility index (Phi) is 4.65. The number of para-hydroxylation sites is 1. The second-order valence-corrected chi connectivity index (χ2v) is 6.88. The van der Waals surface area contributed by atoms with Crippen LogP contribution in [0.2, 0.25) is 0 Å². The number of hydrogen-bond donors (Lipinski definition) is 0. The number of rotatable bonds is 5.